The molecule has 0 spiro atoms. The van der Waals surface area contributed by atoms with Gasteiger partial charge in [-0.2, -0.15) is 5.10 Å². The van der Waals surface area contributed by atoms with Crippen LogP contribution in [0.5, 0.6) is 0 Å². The summed E-state index contributed by atoms with van der Waals surface area (Å²) in [5.41, 5.74) is 5.21. The van der Waals surface area contributed by atoms with Crippen molar-refractivity contribution in [3.05, 3.63) is 36.7 Å². The number of rotatable bonds is 5. The summed E-state index contributed by atoms with van der Waals surface area (Å²) in [5, 5.41) is 9.48. The Morgan fingerprint density at radius 3 is 2.78 bits per heavy atom. The summed E-state index contributed by atoms with van der Waals surface area (Å²) in [6.07, 6.45) is 5.09. The Kier molecular flexibility index (Phi) is 4.58. The summed E-state index contributed by atoms with van der Waals surface area (Å²) in [7, 11) is 0. The number of amides is 1. The molecule has 1 aromatic carbocycles. The first kappa shape index (κ1) is 18.2. The first-order chi connectivity index (χ1) is 12.9. The van der Waals surface area contributed by atoms with Crippen LogP contribution >= 0.6 is 11.8 Å². The van der Waals surface area contributed by atoms with Gasteiger partial charge in [0.25, 0.3) is 5.91 Å². The van der Waals surface area contributed by atoms with Crippen molar-refractivity contribution in [3.63, 3.8) is 0 Å². The fourth-order valence-electron chi connectivity index (χ4n) is 4.41. The number of nitrogens with zero attached hydrogens (tertiary/aromatic N) is 4. The molecule has 1 heterocycles. The van der Waals surface area contributed by atoms with E-state index in [4.69, 9.17) is 0 Å². The molecule has 2 saturated carbocycles. The molecule has 142 valence electrons. The van der Waals surface area contributed by atoms with Crippen LogP contribution in [-0.4, -0.2) is 32.1 Å². The third kappa shape index (κ3) is 3.18. The van der Waals surface area contributed by atoms with Crippen LogP contribution < -0.4 is 5.43 Å². The molecule has 2 bridgehead atoms. The minimum absolute atomic E-state index is 0.105. The summed E-state index contributed by atoms with van der Waals surface area (Å²) in [5.74, 6) is 0.811. The van der Waals surface area contributed by atoms with Gasteiger partial charge in [0, 0.05) is 11.1 Å². The standard InChI is InChI=1S/C20H25N5OS/c1-19(2)14-9-10-20(19,3)16(11-14)22-23-17(26)12-27-18-21-13-25(24-18)15-7-5-4-6-8-15/h4-8,13-14H,9-12H2,1-3H3,(H,23,26)/b22-16-. The second-order valence-electron chi connectivity index (χ2n) is 8.18. The van der Waals surface area contributed by atoms with E-state index in [9.17, 15) is 4.79 Å². The third-order valence-electron chi connectivity index (χ3n) is 6.65. The average Bonchev–Trinajstić information content (AvgIpc) is 3.28. The van der Waals surface area contributed by atoms with Crippen molar-refractivity contribution < 1.29 is 4.79 Å². The maximum absolute atomic E-state index is 12.2. The molecule has 2 unspecified atom stereocenters. The second kappa shape index (κ2) is 6.78. The van der Waals surface area contributed by atoms with Gasteiger partial charge in [0.05, 0.1) is 11.4 Å². The highest BCUT2D eigenvalue weighted by Gasteiger charge is 2.59. The number of aromatic nitrogens is 3. The van der Waals surface area contributed by atoms with E-state index in [1.165, 1.54) is 18.2 Å². The normalized spacial score (nSPS) is 27.2. The summed E-state index contributed by atoms with van der Waals surface area (Å²) in [4.78, 5) is 16.5. The lowest BCUT2D eigenvalue weighted by molar-refractivity contribution is -0.118. The second-order valence-corrected chi connectivity index (χ2v) is 9.13. The zero-order valence-corrected chi connectivity index (χ0v) is 16.8. The maximum Gasteiger partial charge on any atom is 0.250 e. The lowest BCUT2D eigenvalue weighted by Gasteiger charge is -2.34. The van der Waals surface area contributed by atoms with Gasteiger partial charge in [0.2, 0.25) is 5.16 Å². The number of benzene rings is 1. The molecule has 2 aliphatic rings. The number of hydrogen-bond donors (Lipinski definition) is 1. The van der Waals surface area contributed by atoms with Gasteiger partial charge in [0.15, 0.2) is 0 Å². The molecule has 4 rings (SSSR count). The van der Waals surface area contributed by atoms with Crippen LogP contribution in [-0.2, 0) is 4.79 Å². The molecular formula is C20H25N5OS. The molecule has 0 radical (unpaired) electrons. The molecular weight excluding hydrogens is 358 g/mol. The lowest BCUT2D eigenvalue weighted by atomic mass is 9.70. The molecule has 2 fully saturated rings. The fourth-order valence-corrected chi connectivity index (χ4v) is 5.00. The summed E-state index contributed by atoms with van der Waals surface area (Å²) < 4.78 is 1.71. The molecule has 2 aromatic rings. The first-order valence-corrected chi connectivity index (χ1v) is 10.3. The van der Waals surface area contributed by atoms with Gasteiger partial charge in [0.1, 0.15) is 6.33 Å². The van der Waals surface area contributed by atoms with Gasteiger partial charge in [-0.15, -0.1) is 5.10 Å². The predicted molar refractivity (Wildman–Crippen MR) is 107 cm³/mol. The van der Waals surface area contributed by atoms with E-state index in [0.717, 1.165) is 24.2 Å². The molecule has 7 heteroatoms. The van der Waals surface area contributed by atoms with Crippen LogP contribution in [0.3, 0.4) is 0 Å². The molecule has 1 aromatic heterocycles. The van der Waals surface area contributed by atoms with Crippen LogP contribution in [0, 0.1) is 16.7 Å². The molecule has 0 aliphatic heterocycles. The molecule has 1 amide bonds. The van der Waals surface area contributed by atoms with E-state index in [1.807, 2.05) is 30.3 Å². The van der Waals surface area contributed by atoms with Gasteiger partial charge in [-0.05, 0) is 42.7 Å². The number of fused-ring (bicyclic) bond motifs is 2. The molecule has 2 aliphatic carbocycles. The van der Waals surface area contributed by atoms with Gasteiger partial charge < -0.3 is 0 Å². The van der Waals surface area contributed by atoms with Crippen molar-refractivity contribution in [2.75, 3.05) is 5.75 Å². The molecule has 0 saturated heterocycles. The summed E-state index contributed by atoms with van der Waals surface area (Å²) in [6, 6.07) is 9.79. The van der Waals surface area contributed by atoms with E-state index in [-0.39, 0.29) is 22.5 Å². The van der Waals surface area contributed by atoms with E-state index < -0.39 is 0 Å². The van der Waals surface area contributed by atoms with Crippen LogP contribution in [0.25, 0.3) is 5.69 Å². The third-order valence-corrected chi connectivity index (χ3v) is 7.50. The van der Waals surface area contributed by atoms with E-state index in [1.54, 1.807) is 11.0 Å². The number of carbonyl (C=O) groups excluding carboxylic acids is 1. The Labute approximate surface area is 163 Å². The smallest absolute Gasteiger partial charge is 0.250 e. The van der Waals surface area contributed by atoms with Gasteiger partial charge in [-0.25, -0.2) is 15.1 Å². The Balaban J connectivity index is 1.33. The first-order valence-electron chi connectivity index (χ1n) is 9.36. The topological polar surface area (TPSA) is 72.2 Å². The summed E-state index contributed by atoms with van der Waals surface area (Å²) >= 11 is 1.32. The Bertz CT molecular complexity index is 876. The highest BCUT2D eigenvalue weighted by Crippen LogP contribution is 2.63. The van der Waals surface area contributed by atoms with Crippen molar-refractivity contribution in [1.29, 1.82) is 0 Å². The van der Waals surface area contributed by atoms with E-state index in [0.29, 0.717) is 11.1 Å². The number of nitrogens with one attached hydrogen (secondary N) is 1. The van der Waals surface area contributed by atoms with Crippen LogP contribution in [0.1, 0.15) is 40.0 Å². The molecule has 6 nitrogen and oxygen atoms in total. The van der Waals surface area contributed by atoms with Crippen molar-refractivity contribution in [1.82, 2.24) is 20.2 Å². The number of hydrogen-bond acceptors (Lipinski definition) is 5. The van der Waals surface area contributed by atoms with Crippen molar-refractivity contribution >= 4 is 23.4 Å². The Morgan fingerprint density at radius 2 is 2.11 bits per heavy atom. The number of hydrazone groups is 1. The number of thioether (sulfide) groups is 1. The summed E-state index contributed by atoms with van der Waals surface area (Å²) in [6.45, 7) is 6.96. The number of para-hydroxylation sites is 1. The maximum atomic E-state index is 12.2. The van der Waals surface area contributed by atoms with Crippen molar-refractivity contribution in [2.45, 2.75) is 45.2 Å². The van der Waals surface area contributed by atoms with Crippen molar-refractivity contribution in [3.8, 4) is 5.69 Å². The largest absolute Gasteiger partial charge is 0.272 e. The predicted octanol–water partition coefficient (Wildman–Crippen LogP) is 3.68. The van der Waals surface area contributed by atoms with Gasteiger partial charge in [-0.1, -0.05) is 50.7 Å². The van der Waals surface area contributed by atoms with Crippen LogP contribution in [0.15, 0.2) is 46.9 Å². The monoisotopic (exact) mass is 383 g/mol. The van der Waals surface area contributed by atoms with Crippen LogP contribution in [0.4, 0.5) is 0 Å². The molecule has 1 N–H and O–H groups in total. The van der Waals surface area contributed by atoms with Gasteiger partial charge in [-0.3, -0.25) is 4.79 Å². The highest BCUT2D eigenvalue weighted by molar-refractivity contribution is 7.99. The lowest BCUT2D eigenvalue weighted by Crippen LogP contribution is -2.34. The number of carbonyl (C=O) groups is 1. The van der Waals surface area contributed by atoms with E-state index >= 15 is 0 Å². The highest BCUT2D eigenvalue weighted by atomic mass is 32.2. The average molecular weight is 384 g/mol. The van der Waals surface area contributed by atoms with Crippen LogP contribution in [0.2, 0.25) is 0 Å². The zero-order valence-electron chi connectivity index (χ0n) is 16.0. The SMILES string of the molecule is CC12CCC(C/C1=N/NC(=O)CSc1ncn(-c3ccccc3)n1)C2(C)C. The Hall–Kier alpha value is -2.15. The minimum Gasteiger partial charge on any atom is -0.272 e. The zero-order chi connectivity index (χ0) is 19.1. The molecule has 27 heavy (non-hydrogen) atoms. The van der Waals surface area contributed by atoms with Gasteiger partial charge >= 0.3 is 0 Å². The fraction of sp³-hybridized carbons (Fsp3) is 0.500. The van der Waals surface area contributed by atoms with E-state index in [2.05, 4.69) is 41.4 Å². The van der Waals surface area contributed by atoms with Crippen molar-refractivity contribution in [2.24, 2.45) is 21.8 Å². The Morgan fingerprint density at radius 1 is 1.33 bits per heavy atom. The minimum atomic E-state index is -0.118. The quantitative estimate of drug-likeness (QED) is 0.631. The molecule has 2 atom stereocenters.